The number of carbonyl (C=O) groups excluding carboxylic acids is 1. The summed E-state index contributed by atoms with van der Waals surface area (Å²) in [6, 6.07) is 7.16. The SMILES string of the molecule is CCCC[C@H](N)CN[C@H](CN[C@H](C(=O)OC)[C@@H](C)CC)Cc1ccc(O)cc1. The van der Waals surface area contributed by atoms with Crippen LogP contribution in [0.1, 0.15) is 52.0 Å². The third-order valence-corrected chi connectivity index (χ3v) is 5.27. The Morgan fingerprint density at radius 1 is 1.18 bits per heavy atom. The first-order chi connectivity index (χ1) is 13.4. The Hall–Kier alpha value is -1.63. The van der Waals surface area contributed by atoms with Crippen molar-refractivity contribution in [2.75, 3.05) is 20.2 Å². The van der Waals surface area contributed by atoms with Gasteiger partial charge in [-0.2, -0.15) is 0 Å². The van der Waals surface area contributed by atoms with Crippen LogP contribution in [0.3, 0.4) is 0 Å². The molecule has 1 aromatic carbocycles. The third kappa shape index (κ3) is 9.04. The van der Waals surface area contributed by atoms with Crippen LogP contribution >= 0.6 is 0 Å². The summed E-state index contributed by atoms with van der Waals surface area (Å²) in [7, 11) is 1.43. The van der Waals surface area contributed by atoms with Crippen LogP contribution < -0.4 is 16.4 Å². The zero-order chi connectivity index (χ0) is 20.9. The van der Waals surface area contributed by atoms with Crippen molar-refractivity contribution in [2.24, 2.45) is 11.7 Å². The number of carbonyl (C=O) groups is 1. The van der Waals surface area contributed by atoms with E-state index >= 15 is 0 Å². The molecule has 0 aliphatic carbocycles. The van der Waals surface area contributed by atoms with Crippen LogP contribution in [-0.4, -0.2) is 49.4 Å². The lowest BCUT2D eigenvalue weighted by Gasteiger charge is -2.27. The van der Waals surface area contributed by atoms with E-state index < -0.39 is 0 Å². The van der Waals surface area contributed by atoms with Gasteiger partial charge in [-0.05, 0) is 36.5 Å². The van der Waals surface area contributed by atoms with E-state index in [0.29, 0.717) is 6.54 Å². The Labute approximate surface area is 170 Å². The number of hydrogen-bond donors (Lipinski definition) is 4. The highest BCUT2D eigenvalue weighted by Crippen LogP contribution is 2.13. The second-order valence-corrected chi connectivity index (χ2v) is 7.67. The molecular weight excluding hydrogens is 354 g/mol. The van der Waals surface area contributed by atoms with Crippen molar-refractivity contribution >= 4 is 5.97 Å². The van der Waals surface area contributed by atoms with E-state index in [2.05, 4.69) is 31.4 Å². The molecule has 0 saturated heterocycles. The number of aromatic hydroxyl groups is 1. The van der Waals surface area contributed by atoms with E-state index in [1.165, 1.54) is 7.11 Å². The molecule has 0 radical (unpaired) electrons. The maximum Gasteiger partial charge on any atom is 0.323 e. The van der Waals surface area contributed by atoms with E-state index in [4.69, 9.17) is 10.5 Å². The summed E-state index contributed by atoms with van der Waals surface area (Å²) < 4.78 is 4.97. The van der Waals surface area contributed by atoms with E-state index in [0.717, 1.165) is 44.2 Å². The second kappa shape index (κ2) is 13.5. The van der Waals surface area contributed by atoms with E-state index in [9.17, 15) is 9.90 Å². The molecule has 0 spiro atoms. The standard InChI is InChI=1S/C22H39N3O3/c1-5-7-8-18(23)14-24-19(13-17-9-11-20(26)12-10-17)15-25-21(16(3)6-2)22(27)28-4/h9-12,16,18-19,21,24-26H,5-8,13-15,23H2,1-4H3/t16-,18-,19-,21-/m0/s1. The summed E-state index contributed by atoms with van der Waals surface area (Å²) in [6.07, 6.45) is 4.94. The quantitative estimate of drug-likeness (QED) is 0.363. The first-order valence-electron chi connectivity index (χ1n) is 10.5. The van der Waals surface area contributed by atoms with Gasteiger partial charge in [0.05, 0.1) is 7.11 Å². The molecule has 0 aliphatic heterocycles. The number of nitrogens with one attached hydrogen (secondary N) is 2. The van der Waals surface area contributed by atoms with Gasteiger partial charge in [0.1, 0.15) is 11.8 Å². The summed E-state index contributed by atoms with van der Waals surface area (Å²) in [6.45, 7) is 7.65. The fraction of sp³-hybridized carbons (Fsp3) is 0.682. The molecule has 0 saturated carbocycles. The van der Waals surface area contributed by atoms with E-state index in [1.807, 2.05) is 12.1 Å². The highest BCUT2D eigenvalue weighted by atomic mass is 16.5. The average molecular weight is 394 g/mol. The second-order valence-electron chi connectivity index (χ2n) is 7.67. The molecule has 4 atom stereocenters. The summed E-state index contributed by atoms with van der Waals surface area (Å²) >= 11 is 0. The normalized spacial score (nSPS) is 15.6. The van der Waals surface area contributed by atoms with Crippen LogP contribution in [0.2, 0.25) is 0 Å². The van der Waals surface area contributed by atoms with Gasteiger partial charge in [0.2, 0.25) is 0 Å². The number of hydrogen-bond acceptors (Lipinski definition) is 6. The monoisotopic (exact) mass is 393 g/mol. The lowest BCUT2D eigenvalue weighted by molar-refractivity contribution is -0.144. The number of phenols is 1. The van der Waals surface area contributed by atoms with E-state index in [1.54, 1.807) is 12.1 Å². The number of rotatable bonds is 14. The molecule has 0 aliphatic rings. The number of esters is 1. The zero-order valence-corrected chi connectivity index (χ0v) is 17.9. The summed E-state index contributed by atoms with van der Waals surface area (Å²) in [4.78, 5) is 12.2. The van der Waals surface area contributed by atoms with Crippen LogP contribution in [0.25, 0.3) is 0 Å². The zero-order valence-electron chi connectivity index (χ0n) is 17.9. The van der Waals surface area contributed by atoms with Crippen molar-refractivity contribution in [1.82, 2.24) is 10.6 Å². The van der Waals surface area contributed by atoms with Crippen molar-refractivity contribution < 1.29 is 14.6 Å². The molecule has 0 heterocycles. The van der Waals surface area contributed by atoms with Gasteiger partial charge in [-0.25, -0.2) is 0 Å². The lowest BCUT2D eigenvalue weighted by Crippen LogP contribution is -2.51. The minimum absolute atomic E-state index is 0.119. The van der Waals surface area contributed by atoms with Gasteiger partial charge >= 0.3 is 5.97 Å². The summed E-state index contributed by atoms with van der Waals surface area (Å²) in [5, 5.41) is 16.5. The molecule has 28 heavy (non-hydrogen) atoms. The van der Waals surface area contributed by atoms with Crippen molar-refractivity contribution in [3.05, 3.63) is 29.8 Å². The Balaban J connectivity index is 2.74. The first kappa shape index (κ1) is 24.4. The molecule has 0 bridgehead atoms. The van der Waals surface area contributed by atoms with Crippen molar-refractivity contribution in [1.29, 1.82) is 0 Å². The molecule has 160 valence electrons. The molecular formula is C22H39N3O3. The Kier molecular flexibility index (Phi) is 11.8. The molecule has 5 N–H and O–H groups in total. The van der Waals surface area contributed by atoms with Crippen molar-refractivity contribution in [3.8, 4) is 5.75 Å². The van der Waals surface area contributed by atoms with Crippen LogP contribution in [0.5, 0.6) is 5.75 Å². The van der Waals surface area contributed by atoms with Gasteiger partial charge in [-0.3, -0.25) is 4.79 Å². The smallest absolute Gasteiger partial charge is 0.323 e. The molecule has 0 fully saturated rings. The van der Waals surface area contributed by atoms with Gasteiger partial charge in [0.25, 0.3) is 0 Å². The van der Waals surface area contributed by atoms with Gasteiger partial charge in [0.15, 0.2) is 0 Å². The largest absolute Gasteiger partial charge is 0.508 e. The Morgan fingerprint density at radius 3 is 2.43 bits per heavy atom. The summed E-state index contributed by atoms with van der Waals surface area (Å²) in [5.41, 5.74) is 7.35. The number of benzene rings is 1. The fourth-order valence-corrected chi connectivity index (χ4v) is 3.17. The fourth-order valence-electron chi connectivity index (χ4n) is 3.17. The number of methoxy groups -OCH3 is 1. The van der Waals surface area contributed by atoms with Gasteiger partial charge in [-0.1, -0.05) is 52.2 Å². The van der Waals surface area contributed by atoms with Gasteiger partial charge in [0, 0.05) is 25.2 Å². The van der Waals surface area contributed by atoms with Crippen LogP contribution in [0.4, 0.5) is 0 Å². The van der Waals surface area contributed by atoms with Gasteiger partial charge in [-0.15, -0.1) is 0 Å². The molecule has 0 unspecified atom stereocenters. The number of phenolic OH excluding ortho intramolecular Hbond substituents is 1. The summed E-state index contributed by atoms with van der Waals surface area (Å²) in [5.74, 6) is 0.224. The predicted molar refractivity (Wildman–Crippen MR) is 114 cm³/mol. The molecule has 6 nitrogen and oxygen atoms in total. The Morgan fingerprint density at radius 2 is 1.86 bits per heavy atom. The first-order valence-corrected chi connectivity index (χ1v) is 10.5. The predicted octanol–water partition coefficient (Wildman–Crippen LogP) is 2.59. The Bertz CT molecular complexity index is 550. The topological polar surface area (TPSA) is 96.6 Å². The van der Waals surface area contributed by atoms with Crippen LogP contribution in [0.15, 0.2) is 24.3 Å². The highest BCUT2D eigenvalue weighted by molar-refractivity contribution is 5.75. The number of unbranched alkanes of at least 4 members (excludes halogenated alkanes) is 1. The molecule has 0 amide bonds. The van der Waals surface area contributed by atoms with Crippen molar-refractivity contribution in [3.63, 3.8) is 0 Å². The van der Waals surface area contributed by atoms with Crippen LogP contribution in [0, 0.1) is 5.92 Å². The molecule has 1 aromatic rings. The molecule has 6 heteroatoms. The van der Waals surface area contributed by atoms with Crippen molar-refractivity contribution in [2.45, 2.75) is 71.0 Å². The minimum atomic E-state index is -0.326. The van der Waals surface area contributed by atoms with E-state index in [-0.39, 0.29) is 35.8 Å². The highest BCUT2D eigenvalue weighted by Gasteiger charge is 2.25. The lowest BCUT2D eigenvalue weighted by atomic mass is 9.98. The average Bonchev–Trinajstić information content (AvgIpc) is 2.71. The minimum Gasteiger partial charge on any atom is -0.508 e. The number of ether oxygens (including phenoxy) is 1. The van der Waals surface area contributed by atoms with Gasteiger partial charge < -0.3 is 26.2 Å². The maximum absolute atomic E-state index is 12.2. The molecule has 1 rings (SSSR count). The number of nitrogens with two attached hydrogens (primary N) is 1. The maximum atomic E-state index is 12.2. The van der Waals surface area contributed by atoms with Crippen LogP contribution in [-0.2, 0) is 16.0 Å². The third-order valence-electron chi connectivity index (χ3n) is 5.27. The molecule has 0 aromatic heterocycles.